The van der Waals surface area contributed by atoms with Crippen molar-refractivity contribution in [3.8, 4) is 0 Å². The highest BCUT2D eigenvalue weighted by Gasteiger charge is 2.30. The molecule has 1 unspecified atom stereocenters. The number of anilines is 1. The van der Waals surface area contributed by atoms with Gasteiger partial charge < -0.3 is 19.9 Å². The second-order valence-electron chi connectivity index (χ2n) is 9.87. The van der Waals surface area contributed by atoms with Crippen molar-refractivity contribution in [3.63, 3.8) is 0 Å². The lowest BCUT2D eigenvalue weighted by atomic mass is 9.96. The minimum absolute atomic E-state index is 0.00268. The monoisotopic (exact) mass is 475 g/mol. The number of carbonyl (C=O) groups is 2. The van der Waals surface area contributed by atoms with Crippen LogP contribution >= 0.6 is 0 Å². The molecule has 1 aliphatic heterocycles. The second kappa shape index (κ2) is 10.3. The van der Waals surface area contributed by atoms with E-state index in [0.29, 0.717) is 26.2 Å². The van der Waals surface area contributed by atoms with Gasteiger partial charge in [0.2, 0.25) is 5.91 Å². The maximum absolute atomic E-state index is 13.6. The van der Waals surface area contributed by atoms with Crippen LogP contribution in [0.15, 0.2) is 54.9 Å². The Morgan fingerprint density at radius 2 is 1.69 bits per heavy atom. The van der Waals surface area contributed by atoms with Gasteiger partial charge in [0.15, 0.2) is 0 Å². The summed E-state index contributed by atoms with van der Waals surface area (Å²) in [6.45, 7) is 10.1. The Kier molecular flexibility index (Phi) is 7.19. The highest BCUT2D eigenvalue weighted by molar-refractivity contribution is 5.89. The fraction of sp³-hybridized carbons (Fsp3) is 0.407. The van der Waals surface area contributed by atoms with E-state index in [2.05, 4.69) is 20.2 Å². The largest absolute Gasteiger partial charge is 0.444 e. The third kappa shape index (κ3) is 6.07. The van der Waals surface area contributed by atoms with Gasteiger partial charge in [-0.3, -0.25) is 4.79 Å². The van der Waals surface area contributed by atoms with Gasteiger partial charge in [-0.05, 0) is 45.4 Å². The molecule has 2 heterocycles. The molecule has 1 N–H and O–H groups in total. The van der Waals surface area contributed by atoms with E-state index < -0.39 is 17.6 Å². The first-order valence-corrected chi connectivity index (χ1v) is 12.0. The predicted octanol–water partition coefficient (Wildman–Crippen LogP) is 3.90. The van der Waals surface area contributed by atoms with Gasteiger partial charge in [0.1, 0.15) is 17.7 Å². The number of benzene rings is 2. The van der Waals surface area contributed by atoms with E-state index in [1.807, 2.05) is 81.1 Å². The number of aryl methyl sites for hydroxylation is 1. The fourth-order valence-corrected chi connectivity index (χ4v) is 4.25. The van der Waals surface area contributed by atoms with E-state index >= 15 is 0 Å². The van der Waals surface area contributed by atoms with E-state index in [4.69, 9.17) is 4.74 Å². The van der Waals surface area contributed by atoms with Gasteiger partial charge in [0.05, 0.1) is 11.4 Å². The summed E-state index contributed by atoms with van der Waals surface area (Å²) in [6.07, 6.45) is 1.06. The van der Waals surface area contributed by atoms with Gasteiger partial charge in [-0.15, -0.1) is 0 Å². The van der Waals surface area contributed by atoms with E-state index in [-0.39, 0.29) is 12.5 Å². The van der Waals surface area contributed by atoms with E-state index in [0.717, 1.165) is 27.8 Å². The van der Waals surface area contributed by atoms with E-state index in [9.17, 15) is 9.59 Å². The molecule has 8 nitrogen and oxygen atoms in total. The summed E-state index contributed by atoms with van der Waals surface area (Å²) in [4.78, 5) is 38.9. The molecule has 8 heteroatoms. The quantitative estimate of drug-likeness (QED) is 0.602. The number of fused-ring (bicyclic) bond motifs is 1. The molecular weight excluding hydrogens is 442 g/mol. The van der Waals surface area contributed by atoms with Crippen LogP contribution in [0.1, 0.15) is 37.8 Å². The predicted molar refractivity (Wildman–Crippen MR) is 136 cm³/mol. The van der Waals surface area contributed by atoms with Crippen molar-refractivity contribution >= 4 is 28.7 Å². The van der Waals surface area contributed by atoms with E-state index in [1.54, 1.807) is 6.33 Å². The summed E-state index contributed by atoms with van der Waals surface area (Å²) >= 11 is 0. The number of piperazine rings is 1. The summed E-state index contributed by atoms with van der Waals surface area (Å²) in [5.41, 5.74) is 2.30. The van der Waals surface area contributed by atoms with Crippen molar-refractivity contribution in [1.82, 2.24) is 20.2 Å². The normalized spacial score (nSPS) is 15.1. The number of hydrogen-bond donors (Lipinski definition) is 1. The minimum Gasteiger partial charge on any atom is -0.444 e. The Morgan fingerprint density at radius 1 is 1.00 bits per heavy atom. The van der Waals surface area contributed by atoms with Crippen LogP contribution < -0.4 is 10.2 Å². The Morgan fingerprint density at radius 3 is 2.37 bits per heavy atom. The number of nitrogens with zero attached hydrogens (tertiary/aromatic N) is 4. The van der Waals surface area contributed by atoms with Gasteiger partial charge in [0.25, 0.3) is 0 Å². The molecule has 4 rings (SSSR count). The Labute approximate surface area is 206 Å². The standard InChI is InChI=1S/C27H33N5O3/c1-19-9-11-20(12-10-19)22(17-28-26(34)35-27(2,3)4)25(33)32-15-13-31(14-16-32)24-21-7-5-6-8-23(21)29-18-30-24/h5-12,18,22H,13-17H2,1-4H3,(H,28,34). The molecule has 1 saturated heterocycles. The van der Waals surface area contributed by atoms with Crippen LogP contribution in [0.3, 0.4) is 0 Å². The average molecular weight is 476 g/mol. The SMILES string of the molecule is Cc1ccc(C(CNC(=O)OC(C)(C)C)C(=O)N2CCN(c3ncnc4ccccc34)CC2)cc1. The lowest BCUT2D eigenvalue weighted by Gasteiger charge is -2.37. The van der Waals surface area contributed by atoms with Crippen molar-refractivity contribution in [2.45, 2.75) is 39.2 Å². The number of alkyl carbamates (subject to hydrolysis) is 1. The highest BCUT2D eigenvalue weighted by Crippen LogP contribution is 2.25. The van der Waals surface area contributed by atoms with Crippen molar-refractivity contribution in [1.29, 1.82) is 0 Å². The van der Waals surface area contributed by atoms with Gasteiger partial charge in [0, 0.05) is 38.1 Å². The Balaban J connectivity index is 1.46. The van der Waals surface area contributed by atoms with Crippen LogP contribution in [0.2, 0.25) is 0 Å². The smallest absolute Gasteiger partial charge is 0.407 e. The number of aromatic nitrogens is 2. The number of ether oxygens (including phenoxy) is 1. The van der Waals surface area contributed by atoms with Gasteiger partial charge >= 0.3 is 6.09 Å². The number of para-hydroxylation sites is 1. The number of amides is 2. The Hall–Kier alpha value is -3.68. The molecule has 2 aromatic carbocycles. The van der Waals surface area contributed by atoms with Crippen molar-refractivity contribution in [2.24, 2.45) is 0 Å². The van der Waals surface area contributed by atoms with Crippen molar-refractivity contribution in [3.05, 3.63) is 66.0 Å². The molecule has 3 aromatic rings. The average Bonchev–Trinajstić information content (AvgIpc) is 2.84. The molecule has 1 aromatic heterocycles. The summed E-state index contributed by atoms with van der Waals surface area (Å²) in [5, 5.41) is 3.80. The molecule has 0 spiro atoms. The van der Waals surface area contributed by atoms with E-state index in [1.165, 1.54) is 0 Å². The lowest BCUT2D eigenvalue weighted by molar-refractivity contribution is -0.133. The summed E-state index contributed by atoms with van der Waals surface area (Å²) < 4.78 is 5.37. The fourth-order valence-electron chi connectivity index (χ4n) is 4.25. The minimum atomic E-state index is -0.602. The van der Waals surface area contributed by atoms with Crippen molar-refractivity contribution < 1.29 is 14.3 Å². The summed E-state index contributed by atoms with van der Waals surface area (Å²) in [7, 11) is 0. The first-order valence-electron chi connectivity index (χ1n) is 12.0. The van der Waals surface area contributed by atoms with Crippen LogP contribution in [0.4, 0.5) is 10.6 Å². The van der Waals surface area contributed by atoms with Crippen LogP contribution in [0, 0.1) is 6.92 Å². The molecule has 35 heavy (non-hydrogen) atoms. The number of rotatable bonds is 5. The van der Waals surface area contributed by atoms with Crippen LogP contribution in [-0.2, 0) is 9.53 Å². The number of nitrogens with one attached hydrogen (secondary N) is 1. The molecule has 0 saturated carbocycles. The lowest BCUT2D eigenvalue weighted by Crippen LogP contribution is -2.51. The molecule has 184 valence electrons. The third-order valence-corrected chi connectivity index (χ3v) is 6.04. The zero-order valence-corrected chi connectivity index (χ0v) is 20.8. The van der Waals surface area contributed by atoms with Crippen LogP contribution in [0.25, 0.3) is 10.9 Å². The molecule has 1 fully saturated rings. The topological polar surface area (TPSA) is 87.7 Å². The number of hydrogen-bond acceptors (Lipinski definition) is 6. The molecular formula is C27H33N5O3. The molecule has 1 aliphatic rings. The maximum atomic E-state index is 13.6. The molecule has 0 radical (unpaired) electrons. The molecule has 0 aliphatic carbocycles. The zero-order valence-electron chi connectivity index (χ0n) is 20.8. The molecule has 2 amide bonds. The number of carbonyl (C=O) groups excluding carboxylic acids is 2. The zero-order chi connectivity index (χ0) is 25.0. The van der Waals surface area contributed by atoms with Gasteiger partial charge in [-0.1, -0.05) is 42.0 Å². The van der Waals surface area contributed by atoms with Gasteiger partial charge in [-0.25, -0.2) is 14.8 Å². The van der Waals surface area contributed by atoms with Gasteiger partial charge in [-0.2, -0.15) is 0 Å². The first kappa shape index (κ1) is 24.4. The first-order chi connectivity index (χ1) is 16.7. The summed E-state index contributed by atoms with van der Waals surface area (Å²) in [5.74, 6) is 0.399. The summed E-state index contributed by atoms with van der Waals surface area (Å²) in [6, 6.07) is 15.8. The van der Waals surface area contributed by atoms with Crippen LogP contribution in [0.5, 0.6) is 0 Å². The van der Waals surface area contributed by atoms with Crippen molar-refractivity contribution in [2.75, 3.05) is 37.6 Å². The highest BCUT2D eigenvalue weighted by atomic mass is 16.6. The molecule has 1 atom stereocenters. The molecule has 0 bridgehead atoms. The third-order valence-electron chi connectivity index (χ3n) is 6.04. The Bertz CT molecular complexity index is 1180. The second-order valence-corrected chi connectivity index (χ2v) is 9.87. The maximum Gasteiger partial charge on any atom is 0.407 e. The van der Waals surface area contributed by atoms with Crippen LogP contribution in [-0.4, -0.2) is 65.2 Å².